The second kappa shape index (κ2) is 5.93. The van der Waals surface area contributed by atoms with Crippen LogP contribution >= 0.6 is 11.6 Å². The second-order valence-corrected chi connectivity index (χ2v) is 4.80. The van der Waals surface area contributed by atoms with E-state index in [4.69, 9.17) is 25.8 Å². The smallest absolute Gasteiger partial charge is 0.262 e. The fourth-order valence-corrected chi connectivity index (χ4v) is 2.07. The van der Waals surface area contributed by atoms with E-state index in [0.717, 1.165) is 0 Å². The van der Waals surface area contributed by atoms with Gasteiger partial charge in [0.05, 0.1) is 0 Å². The lowest BCUT2D eigenvalue weighted by Gasteiger charge is -2.08. The maximum absolute atomic E-state index is 11.8. The lowest BCUT2D eigenvalue weighted by atomic mass is 10.3. The Morgan fingerprint density at radius 2 is 2.05 bits per heavy atom. The van der Waals surface area contributed by atoms with Crippen LogP contribution in [0.15, 0.2) is 42.5 Å². The average Bonchev–Trinajstić information content (AvgIpc) is 2.92. The maximum Gasteiger partial charge on any atom is 0.262 e. The van der Waals surface area contributed by atoms with Crippen LogP contribution < -0.4 is 19.5 Å². The Kier molecular flexibility index (Phi) is 3.83. The highest BCUT2D eigenvalue weighted by molar-refractivity contribution is 6.30. The Hall–Kier alpha value is -2.40. The van der Waals surface area contributed by atoms with Crippen molar-refractivity contribution >= 4 is 23.2 Å². The summed E-state index contributed by atoms with van der Waals surface area (Å²) in [5.41, 5.74) is 0.627. The van der Waals surface area contributed by atoms with Gasteiger partial charge in [0.15, 0.2) is 18.1 Å². The summed E-state index contributed by atoms with van der Waals surface area (Å²) in [5, 5.41) is 3.26. The van der Waals surface area contributed by atoms with Gasteiger partial charge in [0.25, 0.3) is 5.91 Å². The topological polar surface area (TPSA) is 56.8 Å². The minimum Gasteiger partial charge on any atom is -0.484 e. The van der Waals surface area contributed by atoms with Crippen molar-refractivity contribution in [2.45, 2.75) is 0 Å². The molecule has 1 heterocycles. The number of hydrogen-bond donors (Lipinski definition) is 1. The Bertz CT molecular complexity index is 674. The number of anilines is 1. The number of carbonyl (C=O) groups is 1. The number of amides is 1. The predicted molar refractivity (Wildman–Crippen MR) is 78.1 cm³/mol. The van der Waals surface area contributed by atoms with Crippen LogP contribution in [0, 0.1) is 0 Å². The number of nitrogens with one attached hydrogen (secondary N) is 1. The molecular weight excluding hydrogens is 294 g/mol. The molecule has 0 saturated carbocycles. The third kappa shape index (κ3) is 3.38. The molecule has 0 aliphatic carbocycles. The Morgan fingerprint density at radius 3 is 2.90 bits per heavy atom. The van der Waals surface area contributed by atoms with Gasteiger partial charge in [0.1, 0.15) is 5.75 Å². The first-order valence-corrected chi connectivity index (χ1v) is 6.66. The summed E-state index contributed by atoms with van der Waals surface area (Å²) in [6.07, 6.45) is 0. The molecule has 0 unspecified atom stereocenters. The SMILES string of the molecule is O=C(COc1ccc2c(c1)OCO2)Nc1cccc(Cl)c1. The number of hydrogen-bond acceptors (Lipinski definition) is 4. The third-order valence-corrected chi connectivity index (χ3v) is 3.06. The van der Waals surface area contributed by atoms with Gasteiger partial charge >= 0.3 is 0 Å². The van der Waals surface area contributed by atoms with E-state index in [1.807, 2.05) is 0 Å². The molecule has 108 valence electrons. The van der Waals surface area contributed by atoms with Crippen molar-refractivity contribution < 1.29 is 19.0 Å². The van der Waals surface area contributed by atoms with Gasteiger partial charge in [-0.2, -0.15) is 0 Å². The highest BCUT2D eigenvalue weighted by Gasteiger charge is 2.14. The lowest BCUT2D eigenvalue weighted by Crippen LogP contribution is -2.20. The molecule has 1 N–H and O–H groups in total. The van der Waals surface area contributed by atoms with Crippen molar-refractivity contribution in [2.24, 2.45) is 0 Å². The van der Waals surface area contributed by atoms with Crippen molar-refractivity contribution in [2.75, 3.05) is 18.7 Å². The van der Waals surface area contributed by atoms with Crippen LogP contribution in [0.5, 0.6) is 17.2 Å². The molecule has 1 aliphatic heterocycles. The van der Waals surface area contributed by atoms with Gasteiger partial charge in [0.2, 0.25) is 6.79 Å². The Morgan fingerprint density at radius 1 is 1.19 bits per heavy atom. The molecule has 6 heteroatoms. The molecule has 1 aliphatic rings. The zero-order valence-electron chi connectivity index (χ0n) is 11.0. The van der Waals surface area contributed by atoms with E-state index >= 15 is 0 Å². The van der Waals surface area contributed by atoms with Gasteiger partial charge in [0, 0.05) is 16.8 Å². The minimum atomic E-state index is -0.269. The summed E-state index contributed by atoms with van der Waals surface area (Å²) in [5.74, 6) is 1.56. The van der Waals surface area contributed by atoms with Gasteiger partial charge in [-0.25, -0.2) is 0 Å². The second-order valence-electron chi connectivity index (χ2n) is 4.36. The summed E-state index contributed by atoms with van der Waals surface area (Å²) >= 11 is 5.85. The average molecular weight is 306 g/mol. The monoisotopic (exact) mass is 305 g/mol. The number of benzene rings is 2. The largest absolute Gasteiger partial charge is 0.484 e. The van der Waals surface area contributed by atoms with Gasteiger partial charge < -0.3 is 19.5 Å². The fourth-order valence-electron chi connectivity index (χ4n) is 1.88. The standard InChI is InChI=1S/C15H12ClNO4/c16-10-2-1-3-11(6-10)17-15(18)8-19-12-4-5-13-14(7-12)21-9-20-13/h1-7H,8-9H2,(H,17,18). The van der Waals surface area contributed by atoms with Crippen LogP contribution in [-0.4, -0.2) is 19.3 Å². The van der Waals surface area contributed by atoms with Crippen LogP contribution in [0.4, 0.5) is 5.69 Å². The quantitative estimate of drug-likeness (QED) is 0.943. The Labute approximate surface area is 126 Å². The van der Waals surface area contributed by atoms with Crippen molar-refractivity contribution in [3.8, 4) is 17.2 Å². The molecule has 0 radical (unpaired) electrons. The molecule has 21 heavy (non-hydrogen) atoms. The first-order valence-electron chi connectivity index (χ1n) is 6.28. The first kappa shape index (κ1) is 13.6. The van der Waals surface area contributed by atoms with Gasteiger partial charge in [-0.1, -0.05) is 17.7 Å². The van der Waals surface area contributed by atoms with Crippen LogP contribution in [-0.2, 0) is 4.79 Å². The molecule has 2 aromatic carbocycles. The number of fused-ring (bicyclic) bond motifs is 1. The van der Waals surface area contributed by atoms with E-state index in [2.05, 4.69) is 5.32 Å². The van der Waals surface area contributed by atoms with E-state index in [1.165, 1.54) is 0 Å². The Balaban J connectivity index is 1.56. The van der Waals surface area contributed by atoms with Crippen LogP contribution in [0.25, 0.3) is 0 Å². The number of rotatable bonds is 4. The summed E-state index contributed by atoms with van der Waals surface area (Å²) in [7, 11) is 0. The minimum absolute atomic E-state index is 0.105. The zero-order valence-corrected chi connectivity index (χ0v) is 11.7. The van der Waals surface area contributed by atoms with Gasteiger partial charge in [-0.05, 0) is 30.3 Å². The summed E-state index contributed by atoms with van der Waals surface area (Å²) in [6.45, 7) is 0.0974. The summed E-state index contributed by atoms with van der Waals surface area (Å²) in [6, 6.07) is 12.1. The van der Waals surface area contributed by atoms with Crippen molar-refractivity contribution in [3.05, 3.63) is 47.5 Å². The molecule has 0 aromatic heterocycles. The summed E-state index contributed by atoms with van der Waals surface area (Å²) < 4.78 is 15.9. The van der Waals surface area contributed by atoms with Crippen molar-refractivity contribution in [1.29, 1.82) is 0 Å². The molecule has 2 aromatic rings. The lowest BCUT2D eigenvalue weighted by molar-refractivity contribution is -0.118. The molecule has 1 amide bonds. The van der Waals surface area contributed by atoms with Crippen LogP contribution in [0.1, 0.15) is 0 Å². The van der Waals surface area contributed by atoms with Crippen molar-refractivity contribution in [3.63, 3.8) is 0 Å². The third-order valence-electron chi connectivity index (χ3n) is 2.82. The summed E-state index contributed by atoms with van der Waals surface area (Å²) in [4.78, 5) is 11.8. The molecule has 0 fully saturated rings. The number of carbonyl (C=O) groups excluding carboxylic acids is 1. The van der Waals surface area contributed by atoms with Crippen LogP contribution in [0.2, 0.25) is 5.02 Å². The predicted octanol–water partition coefficient (Wildman–Crippen LogP) is 3.09. The van der Waals surface area contributed by atoms with E-state index in [-0.39, 0.29) is 19.3 Å². The molecule has 0 bridgehead atoms. The zero-order chi connectivity index (χ0) is 14.7. The fraction of sp³-hybridized carbons (Fsp3) is 0.133. The van der Waals surface area contributed by atoms with E-state index in [0.29, 0.717) is 28.0 Å². The van der Waals surface area contributed by atoms with Gasteiger partial charge in [-0.15, -0.1) is 0 Å². The normalized spacial score (nSPS) is 12.0. The number of ether oxygens (including phenoxy) is 3. The highest BCUT2D eigenvalue weighted by Crippen LogP contribution is 2.35. The molecule has 0 spiro atoms. The molecule has 3 rings (SSSR count). The first-order chi connectivity index (χ1) is 10.2. The highest BCUT2D eigenvalue weighted by atomic mass is 35.5. The molecule has 5 nitrogen and oxygen atoms in total. The maximum atomic E-state index is 11.8. The van der Waals surface area contributed by atoms with E-state index in [9.17, 15) is 4.79 Å². The van der Waals surface area contributed by atoms with E-state index in [1.54, 1.807) is 42.5 Å². The molecule has 0 atom stereocenters. The van der Waals surface area contributed by atoms with E-state index < -0.39 is 0 Å². The van der Waals surface area contributed by atoms with Crippen LogP contribution in [0.3, 0.4) is 0 Å². The molecule has 0 saturated heterocycles. The van der Waals surface area contributed by atoms with Crippen molar-refractivity contribution in [1.82, 2.24) is 0 Å². The molecular formula is C15H12ClNO4. The van der Waals surface area contributed by atoms with Gasteiger partial charge in [-0.3, -0.25) is 4.79 Å². The number of halogens is 1.